The molecule has 0 radical (unpaired) electrons. The summed E-state index contributed by atoms with van der Waals surface area (Å²) in [5, 5.41) is 5.18. The minimum Gasteiger partial charge on any atom is -1.00 e. The predicted molar refractivity (Wildman–Crippen MR) is 171 cm³/mol. The molecule has 1 unspecified atom stereocenters. The van der Waals surface area contributed by atoms with E-state index in [4.69, 9.17) is 10.5 Å². The van der Waals surface area contributed by atoms with Crippen LogP contribution in [0, 0.1) is 0 Å². The summed E-state index contributed by atoms with van der Waals surface area (Å²) in [6.45, 7) is 4.68. The fraction of sp³-hybridized carbons (Fsp3) is 0.515. The third kappa shape index (κ3) is 14.2. The summed E-state index contributed by atoms with van der Waals surface area (Å²) in [5.74, 6) is 0.424. The van der Waals surface area contributed by atoms with Crippen molar-refractivity contribution in [3.8, 4) is 5.75 Å². The third-order valence-electron chi connectivity index (χ3n) is 6.94. The molecule has 2 aromatic carbocycles. The summed E-state index contributed by atoms with van der Waals surface area (Å²) in [6.07, 6.45) is 6.96. The Bertz CT molecular complexity index is 1160. The maximum absolute atomic E-state index is 12.5. The van der Waals surface area contributed by atoms with E-state index in [0.29, 0.717) is 17.9 Å². The lowest BCUT2D eigenvalue weighted by molar-refractivity contribution is -0.538. The number of guanidine groups is 1. The van der Waals surface area contributed by atoms with Crippen LogP contribution in [0.1, 0.15) is 61.4 Å². The zero-order chi connectivity index (χ0) is 31.6. The van der Waals surface area contributed by atoms with Gasteiger partial charge in [0.05, 0.1) is 54.4 Å². The number of halogens is 1. The molecule has 44 heavy (non-hydrogen) atoms. The minimum atomic E-state index is -0.860. The summed E-state index contributed by atoms with van der Waals surface area (Å²) >= 11 is 0. The van der Waals surface area contributed by atoms with Crippen LogP contribution in [0.3, 0.4) is 0 Å². The van der Waals surface area contributed by atoms with Crippen molar-refractivity contribution in [3.63, 3.8) is 0 Å². The van der Waals surface area contributed by atoms with Gasteiger partial charge in [0.25, 0.3) is 5.91 Å². The molecule has 0 saturated carbocycles. The van der Waals surface area contributed by atoms with E-state index in [9.17, 15) is 14.4 Å². The number of hydrogen-bond acceptors (Lipinski definition) is 4. The molecule has 0 bridgehead atoms. The first-order valence-electron chi connectivity index (χ1n) is 15.2. The second-order valence-electron chi connectivity index (χ2n) is 11.1. The predicted octanol–water partition coefficient (Wildman–Crippen LogP) is -0.136. The molecule has 0 heterocycles. The van der Waals surface area contributed by atoms with Crippen molar-refractivity contribution in [3.05, 3.63) is 65.7 Å². The van der Waals surface area contributed by atoms with Gasteiger partial charge in [-0.2, -0.15) is 0 Å². The number of nitrogens with zero attached hydrogens (tertiary/aromatic N) is 3. The van der Waals surface area contributed by atoms with Gasteiger partial charge in [0, 0.05) is 12.0 Å². The lowest BCUT2D eigenvalue weighted by atomic mass is 10.1. The molecular weight excluding hydrogens is 624 g/mol. The van der Waals surface area contributed by atoms with Crippen molar-refractivity contribution in [1.29, 1.82) is 0 Å². The summed E-state index contributed by atoms with van der Waals surface area (Å²) in [6, 6.07) is 15.3. The molecule has 0 fully saturated rings. The Morgan fingerprint density at radius 1 is 0.864 bits per heavy atom. The highest BCUT2D eigenvalue weighted by Gasteiger charge is 2.20. The molecule has 2 rings (SSSR count). The van der Waals surface area contributed by atoms with Gasteiger partial charge in [-0.25, -0.2) is 0 Å². The van der Waals surface area contributed by atoms with E-state index in [-0.39, 0.29) is 29.9 Å². The van der Waals surface area contributed by atoms with Crippen molar-refractivity contribution in [2.75, 3.05) is 54.4 Å². The Balaban J connectivity index is 0.00000968. The molecule has 11 heteroatoms. The lowest BCUT2D eigenvalue weighted by Gasteiger charge is -2.21. The number of primary amides is 1. The molecule has 10 nitrogen and oxygen atoms in total. The molecule has 4 N–H and O–H groups in total. The van der Waals surface area contributed by atoms with Gasteiger partial charge in [-0.3, -0.25) is 28.8 Å². The van der Waals surface area contributed by atoms with Gasteiger partial charge in [-0.1, -0.05) is 50.1 Å². The third-order valence-corrected chi connectivity index (χ3v) is 6.94. The molecule has 2 aromatic rings. The first kappa shape index (κ1) is 38.4. The lowest BCUT2D eigenvalue weighted by Crippen LogP contribution is -3.00. The Kier molecular flexibility index (Phi) is 18.5. The quantitative estimate of drug-likeness (QED) is 0.0877. The number of nitrogens with one attached hydrogen (secondary N) is 2. The van der Waals surface area contributed by atoms with E-state index in [1.807, 2.05) is 30.3 Å². The second kappa shape index (κ2) is 21.2. The normalized spacial score (nSPS) is 11.0. The zero-order valence-corrected chi connectivity index (χ0v) is 28.6. The number of nitrogens with two attached hydrogens (primary N) is 1. The van der Waals surface area contributed by atoms with Gasteiger partial charge in [0.2, 0.25) is 11.8 Å². The molecule has 0 saturated heterocycles. The highest BCUT2D eigenvalue weighted by Crippen LogP contribution is 2.13. The SMILES string of the molecule is CCCC[N+](CCCCCCOc1ccc(C(=O)NCC(=O)NC(Cc2ccccc2)C(N)=O)cc1)=C(N(C)C)N(C)C.[Br-]. The summed E-state index contributed by atoms with van der Waals surface area (Å²) in [7, 11) is 8.39. The summed E-state index contributed by atoms with van der Waals surface area (Å²) in [5.41, 5.74) is 6.74. The van der Waals surface area contributed by atoms with Gasteiger partial charge in [0.1, 0.15) is 11.8 Å². The van der Waals surface area contributed by atoms with Crippen LogP contribution in [0.4, 0.5) is 0 Å². The highest BCUT2D eigenvalue weighted by atomic mass is 79.9. The summed E-state index contributed by atoms with van der Waals surface area (Å²) < 4.78 is 8.35. The number of carbonyl (C=O) groups is 3. The molecular formula is C33H51BrN6O4. The van der Waals surface area contributed by atoms with E-state index >= 15 is 0 Å². The van der Waals surface area contributed by atoms with Crippen molar-refractivity contribution in [2.24, 2.45) is 5.73 Å². The van der Waals surface area contributed by atoms with Crippen LogP contribution in [-0.2, 0) is 16.0 Å². The molecule has 0 aliphatic heterocycles. The number of amides is 3. The van der Waals surface area contributed by atoms with Crippen LogP contribution < -0.4 is 38.1 Å². The van der Waals surface area contributed by atoms with Crippen molar-refractivity contribution in [1.82, 2.24) is 20.4 Å². The molecule has 3 amide bonds. The van der Waals surface area contributed by atoms with E-state index in [0.717, 1.165) is 44.3 Å². The first-order valence-corrected chi connectivity index (χ1v) is 15.2. The van der Waals surface area contributed by atoms with Crippen molar-refractivity contribution >= 4 is 23.7 Å². The van der Waals surface area contributed by atoms with Crippen LogP contribution in [0.25, 0.3) is 0 Å². The zero-order valence-electron chi connectivity index (χ0n) is 27.0. The molecule has 0 aliphatic carbocycles. The average molecular weight is 676 g/mol. The molecule has 0 spiro atoms. The monoisotopic (exact) mass is 674 g/mol. The number of rotatable bonds is 18. The largest absolute Gasteiger partial charge is 1.00 e. The Labute approximate surface area is 273 Å². The minimum absolute atomic E-state index is 0. The molecule has 244 valence electrons. The Hall–Kier alpha value is -3.60. The number of hydrogen-bond donors (Lipinski definition) is 3. The molecule has 1 atom stereocenters. The maximum atomic E-state index is 12.5. The van der Waals surface area contributed by atoms with Gasteiger partial charge >= 0.3 is 5.96 Å². The molecule has 0 aromatic heterocycles. The topological polar surface area (TPSA) is 120 Å². The van der Waals surface area contributed by atoms with Gasteiger partial charge in [-0.05, 0) is 55.5 Å². The van der Waals surface area contributed by atoms with E-state index in [2.05, 4.69) is 60.1 Å². The smallest absolute Gasteiger partial charge is 0.349 e. The molecule has 0 aliphatic rings. The van der Waals surface area contributed by atoms with Crippen LogP contribution in [-0.4, -0.2) is 98.5 Å². The number of benzene rings is 2. The summed E-state index contributed by atoms with van der Waals surface area (Å²) in [4.78, 5) is 41.0. The Morgan fingerprint density at radius 3 is 2.07 bits per heavy atom. The van der Waals surface area contributed by atoms with E-state index in [1.165, 1.54) is 18.8 Å². The second-order valence-corrected chi connectivity index (χ2v) is 11.1. The average Bonchev–Trinajstić information content (AvgIpc) is 2.98. The van der Waals surface area contributed by atoms with Crippen LogP contribution in [0.5, 0.6) is 5.75 Å². The van der Waals surface area contributed by atoms with Crippen LogP contribution >= 0.6 is 0 Å². The standard InChI is InChI=1S/C33H50N6O4.BrH/c1-6-7-21-39(33(37(2)3)38(4)5)22-13-8-9-14-23-43-28-19-17-27(18-20-28)32(42)35-25-30(40)36-29(31(34)41)24-26-15-11-10-12-16-26;/h10-12,15-20,29H,6-9,13-14,21-25H2,1-5H3,(H3-,34,35,36,40,41,42);1H. The maximum Gasteiger partial charge on any atom is 0.349 e. The van der Waals surface area contributed by atoms with Gasteiger partial charge in [0.15, 0.2) is 0 Å². The van der Waals surface area contributed by atoms with Crippen LogP contribution in [0.15, 0.2) is 54.6 Å². The number of unbranched alkanes of at least 4 members (excludes halogenated alkanes) is 4. The van der Waals surface area contributed by atoms with Crippen LogP contribution in [0.2, 0.25) is 0 Å². The van der Waals surface area contributed by atoms with Crippen molar-refractivity contribution < 1.29 is 40.7 Å². The highest BCUT2D eigenvalue weighted by molar-refractivity contribution is 5.97. The van der Waals surface area contributed by atoms with E-state index < -0.39 is 23.8 Å². The fourth-order valence-electron chi connectivity index (χ4n) is 4.86. The van der Waals surface area contributed by atoms with Crippen molar-refractivity contribution in [2.45, 2.75) is 57.9 Å². The first-order chi connectivity index (χ1) is 20.6. The fourth-order valence-corrected chi connectivity index (χ4v) is 4.86. The number of carbonyl (C=O) groups excluding carboxylic acids is 3. The number of ether oxygens (including phenoxy) is 1. The van der Waals surface area contributed by atoms with Gasteiger partial charge in [-0.15, -0.1) is 0 Å². The van der Waals surface area contributed by atoms with Gasteiger partial charge < -0.3 is 38.1 Å². The van der Waals surface area contributed by atoms with E-state index in [1.54, 1.807) is 24.3 Å². The Morgan fingerprint density at radius 2 is 1.48 bits per heavy atom.